The summed E-state index contributed by atoms with van der Waals surface area (Å²) in [5, 5.41) is 0.472. The van der Waals surface area contributed by atoms with Crippen LogP contribution in [-0.4, -0.2) is 16.8 Å². The Kier molecular flexibility index (Phi) is 1.04. The first-order valence-corrected chi connectivity index (χ1v) is 2.19. The van der Waals surface area contributed by atoms with Gasteiger partial charge in [0, 0.05) is 17.2 Å². The minimum absolute atomic E-state index is 0.472. The monoisotopic (exact) mass is 122 g/mol. The Morgan fingerprint density at radius 2 is 1.78 bits per heavy atom. The van der Waals surface area contributed by atoms with Crippen molar-refractivity contribution in [3.8, 4) is 0 Å². The third kappa shape index (κ3) is 0.681. The molecule has 4 nitrogen and oxygen atoms in total. The maximum atomic E-state index is 10.4. The summed E-state index contributed by atoms with van der Waals surface area (Å²) in [4.78, 5) is 23.5. The maximum absolute atomic E-state index is 10.4. The summed E-state index contributed by atoms with van der Waals surface area (Å²) in [6.45, 7) is 6.33. The lowest BCUT2D eigenvalue weighted by Gasteiger charge is -1.90. The van der Waals surface area contributed by atoms with Gasteiger partial charge in [0.1, 0.15) is 0 Å². The number of imide groups is 1. The van der Waals surface area contributed by atoms with Crippen molar-refractivity contribution in [2.45, 2.75) is 0 Å². The molecule has 0 aromatic carbocycles. The van der Waals surface area contributed by atoms with E-state index in [0.717, 1.165) is 12.2 Å². The van der Waals surface area contributed by atoms with Gasteiger partial charge in [-0.3, -0.25) is 9.59 Å². The van der Waals surface area contributed by atoms with Gasteiger partial charge in [-0.05, 0) is 0 Å². The summed E-state index contributed by atoms with van der Waals surface area (Å²) in [6.07, 6.45) is 2.14. The predicted molar refractivity (Wildman–Crippen MR) is 27.6 cm³/mol. The highest BCUT2D eigenvalue weighted by Gasteiger charge is 2.28. The zero-order valence-corrected chi connectivity index (χ0v) is 4.37. The topological polar surface area (TPSA) is 41.7 Å². The molecule has 0 saturated heterocycles. The molecule has 0 fully saturated rings. The molecule has 0 saturated carbocycles. The molecule has 0 bridgehead atoms. The Morgan fingerprint density at radius 1 is 1.33 bits per heavy atom. The van der Waals surface area contributed by atoms with E-state index >= 15 is 0 Å². The molecule has 0 N–H and O–H groups in total. The van der Waals surface area contributed by atoms with Gasteiger partial charge in [0.25, 0.3) is 0 Å². The largest absolute Gasteiger partial charge is 0.324 e. The van der Waals surface area contributed by atoms with Crippen LogP contribution < -0.4 is 0 Å². The van der Waals surface area contributed by atoms with E-state index in [-0.39, 0.29) is 0 Å². The van der Waals surface area contributed by atoms with Crippen molar-refractivity contribution in [2.24, 2.45) is 0 Å². The minimum atomic E-state index is -0.560. The van der Waals surface area contributed by atoms with Crippen LogP contribution in [0.2, 0.25) is 0 Å². The average molecular weight is 122 g/mol. The Labute approximate surface area is 51.2 Å². The molecule has 4 heteroatoms. The smallest absolute Gasteiger partial charge is 0.262 e. The molecule has 0 aromatic rings. The Hall–Kier alpha value is -1.63. The second-order valence-corrected chi connectivity index (χ2v) is 1.42. The van der Waals surface area contributed by atoms with Gasteiger partial charge in [0.15, 0.2) is 0 Å². The van der Waals surface area contributed by atoms with Gasteiger partial charge in [0.05, 0.1) is 0 Å². The fourth-order valence-corrected chi connectivity index (χ4v) is 0.491. The van der Waals surface area contributed by atoms with Gasteiger partial charge in [-0.1, -0.05) is 0 Å². The lowest BCUT2D eigenvalue weighted by molar-refractivity contribution is -0.133. The molecule has 1 rings (SSSR count). The van der Waals surface area contributed by atoms with E-state index in [1.54, 1.807) is 0 Å². The first-order valence-electron chi connectivity index (χ1n) is 2.19. The van der Waals surface area contributed by atoms with E-state index in [0.29, 0.717) is 5.01 Å². The summed E-state index contributed by atoms with van der Waals surface area (Å²) >= 11 is 0. The normalized spacial score (nSPS) is 16.6. The van der Waals surface area contributed by atoms with E-state index in [9.17, 15) is 9.59 Å². The molecule has 9 heavy (non-hydrogen) atoms. The van der Waals surface area contributed by atoms with Crippen molar-refractivity contribution in [1.82, 2.24) is 5.01 Å². The number of hydrogen-bond acceptors (Lipinski definition) is 2. The fourth-order valence-electron chi connectivity index (χ4n) is 0.491. The summed E-state index contributed by atoms with van der Waals surface area (Å²) < 4.78 is 0. The Balaban J connectivity index is 2.91. The van der Waals surface area contributed by atoms with Gasteiger partial charge in [-0.25, -0.2) is 0 Å². The highest BCUT2D eigenvalue weighted by molar-refractivity contribution is 6.13. The van der Waals surface area contributed by atoms with Crippen LogP contribution in [-0.2, 0) is 9.59 Å². The van der Waals surface area contributed by atoms with Gasteiger partial charge >= 0.3 is 11.8 Å². The van der Waals surface area contributed by atoms with Crippen LogP contribution in [0, 0.1) is 6.57 Å². The quantitative estimate of drug-likeness (QED) is 0.328. The van der Waals surface area contributed by atoms with Crippen LogP contribution in [0.5, 0.6) is 0 Å². The van der Waals surface area contributed by atoms with E-state index in [4.69, 9.17) is 6.57 Å². The van der Waals surface area contributed by atoms with Crippen molar-refractivity contribution in [2.75, 3.05) is 0 Å². The molecule has 0 unspecified atom stereocenters. The fraction of sp³-hybridized carbons (Fsp3) is 0. The highest BCUT2D eigenvalue weighted by atomic mass is 16.2. The van der Waals surface area contributed by atoms with Crippen molar-refractivity contribution in [3.63, 3.8) is 0 Å². The maximum Gasteiger partial charge on any atom is 0.324 e. The summed E-state index contributed by atoms with van der Waals surface area (Å²) in [7, 11) is 0. The second-order valence-electron chi connectivity index (χ2n) is 1.42. The van der Waals surface area contributed by atoms with E-state index < -0.39 is 11.8 Å². The minimum Gasteiger partial charge on any atom is -0.262 e. The number of hydrogen-bond donors (Lipinski definition) is 0. The zero-order valence-electron chi connectivity index (χ0n) is 4.37. The number of rotatable bonds is 0. The molecular formula is C5H2N2O2. The van der Waals surface area contributed by atoms with Crippen LogP contribution in [0.15, 0.2) is 12.2 Å². The molecule has 0 aromatic heterocycles. The van der Waals surface area contributed by atoms with Crippen molar-refractivity contribution in [1.29, 1.82) is 0 Å². The van der Waals surface area contributed by atoms with Gasteiger partial charge < -0.3 is 0 Å². The number of carbonyl (C=O) groups is 2. The molecule has 44 valence electrons. The number of carbonyl (C=O) groups excluding carboxylic acids is 2. The second kappa shape index (κ2) is 1.71. The molecule has 0 aliphatic carbocycles. The lowest BCUT2D eigenvalue weighted by atomic mass is 10.6. The van der Waals surface area contributed by atoms with E-state index in [1.807, 2.05) is 0 Å². The van der Waals surface area contributed by atoms with Crippen LogP contribution >= 0.6 is 0 Å². The van der Waals surface area contributed by atoms with Crippen LogP contribution in [0.4, 0.5) is 0 Å². The lowest BCUT2D eigenvalue weighted by Crippen LogP contribution is -2.21. The van der Waals surface area contributed by atoms with Crippen LogP contribution in [0.25, 0.3) is 4.95 Å². The molecule has 2 amide bonds. The average Bonchev–Trinajstić information content (AvgIpc) is 2.12. The molecule has 1 aliphatic heterocycles. The zero-order chi connectivity index (χ0) is 6.85. The van der Waals surface area contributed by atoms with Gasteiger partial charge in [-0.15, -0.1) is 4.95 Å². The Bertz CT molecular complexity index is 218. The third-order valence-corrected chi connectivity index (χ3v) is 0.886. The summed E-state index contributed by atoms with van der Waals surface area (Å²) in [5.41, 5.74) is 0. The standard InChI is InChI=1S/C5H2N2O2/c1-6-7-4(8)2-3-5(7)9/h2-3H. The van der Waals surface area contributed by atoms with Crippen LogP contribution in [0.3, 0.4) is 0 Å². The molecular weight excluding hydrogens is 120 g/mol. The van der Waals surface area contributed by atoms with Gasteiger partial charge in [-0.2, -0.15) is 6.57 Å². The molecule has 0 atom stereocenters. The van der Waals surface area contributed by atoms with E-state index in [1.165, 1.54) is 0 Å². The first-order chi connectivity index (χ1) is 4.25. The molecule has 1 heterocycles. The third-order valence-electron chi connectivity index (χ3n) is 0.886. The first kappa shape index (κ1) is 5.51. The van der Waals surface area contributed by atoms with Crippen LogP contribution in [0.1, 0.15) is 0 Å². The predicted octanol–water partition coefficient (Wildman–Crippen LogP) is -0.254. The van der Waals surface area contributed by atoms with Crippen molar-refractivity contribution < 1.29 is 9.59 Å². The Morgan fingerprint density at radius 3 is 2.00 bits per heavy atom. The summed E-state index contributed by atoms with van der Waals surface area (Å²) in [6, 6.07) is 0. The number of amides is 2. The van der Waals surface area contributed by atoms with Crippen molar-refractivity contribution in [3.05, 3.63) is 23.7 Å². The van der Waals surface area contributed by atoms with E-state index in [2.05, 4.69) is 4.95 Å². The van der Waals surface area contributed by atoms with Crippen molar-refractivity contribution >= 4 is 11.8 Å². The molecule has 1 aliphatic rings. The summed E-state index contributed by atoms with van der Waals surface area (Å²) in [5.74, 6) is -1.12. The molecule has 0 spiro atoms. The van der Waals surface area contributed by atoms with Gasteiger partial charge in [0.2, 0.25) is 0 Å². The SMILES string of the molecule is [C-]#[N+]N1C(=O)C=CC1=O. The highest BCUT2D eigenvalue weighted by Crippen LogP contribution is 2.02. The number of nitrogens with zero attached hydrogens (tertiary/aromatic N) is 2. The molecule has 0 radical (unpaired) electrons.